The lowest BCUT2D eigenvalue weighted by molar-refractivity contribution is -0.132. The van der Waals surface area contributed by atoms with E-state index < -0.39 is 0 Å². The molecule has 1 aliphatic heterocycles. The Bertz CT molecular complexity index is 838. The summed E-state index contributed by atoms with van der Waals surface area (Å²) in [5.41, 5.74) is 2.38. The lowest BCUT2D eigenvalue weighted by Gasteiger charge is -2.34. The van der Waals surface area contributed by atoms with Crippen molar-refractivity contribution in [3.63, 3.8) is 0 Å². The van der Waals surface area contributed by atoms with Crippen LogP contribution in [0, 0.1) is 19.8 Å². The van der Waals surface area contributed by atoms with Gasteiger partial charge in [0.15, 0.2) is 0 Å². The molecule has 0 N–H and O–H groups in total. The van der Waals surface area contributed by atoms with Crippen molar-refractivity contribution in [1.82, 2.24) is 15.1 Å². The molecule has 1 aromatic carbocycles. The number of ether oxygens (including phenoxy) is 1. The summed E-state index contributed by atoms with van der Waals surface area (Å²) in [6.45, 7) is 6.69. The maximum atomic E-state index is 13.0. The van der Waals surface area contributed by atoms with Gasteiger partial charge in [-0.2, -0.15) is 0 Å². The number of carbonyl (C=O) groups excluding carboxylic acids is 1. The molecule has 2 aliphatic rings. The van der Waals surface area contributed by atoms with Crippen LogP contribution in [0.3, 0.4) is 0 Å². The van der Waals surface area contributed by atoms with Crippen LogP contribution < -0.4 is 9.64 Å². The largest absolute Gasteiger partial charge is 0.496 e. The molecule has 7 nitrogen and oxygen atoms in total. The zero-order chi connectivity index (χ0) is 19.7. The fourth-order valence-electron chi connectivity index (χ4n) is 4.07. The van der Waals surface area contributed by atoms with Crippen LogP contribution in [-0.2, 0) is 4.79 Å². The number of methoxy groups -OCH3 is 1. The summed E-state index contributed by atoms with van der Waals surface area (Å²) in [7, 11) is 1.69. The third-order valence-electron chi connectivity index (χ3n) is 5.85. The average Bonchev–Trinajstić information content (AvgIpc) is 3.46. The van der Waals surface area contributed by atoms with Crippen LogP contribution in [0.25, 0.3) is 0 Å². The normalized spacial score (nSPS) is 18.2. The number of aromatic nitrogens is 2. The summed E-state index contributed by atoms with van der Waals surface area (Å²) in [6, 6.07) is 6.88. The predicted octanol–water partition coefficient (Wildman–Crippen LogP) is 2.93. The maximum absolute atomic E-state index is 13.0. The van der Waals surface area contributed by atoms with Gasteiger partial charge in [0.05, 0.1) is 7.11 Å². The second kappa shape index (κ2) is 7.81. The lowest BCUT2D eigenvalue weighted by Crippen LogP contribution is -2.49. The number of piperazine rings is 1. The van der Waals surface area contributed by atoms with E-state index in [1.807, 2.05) is 11.0 Å². The van der Waals surface area contributed by atoms with Crippen molar-refractivity contribution in [3.05, 3.63) is 35.2 Å². The molecular formula is C21H28N4O3. The quantitative estimate of drug-likeness (QED) is 0.763. The molecule has 2 aromatic rings. The van der Waals surface area contributed by atoms with Crippen LogP contribution in [-0.4, -0.2) is 54.3 Å². The molecule has 0 bridgehead atoms. The second-order valence-corrected chi connectivity index (χ2v) is 7.85. The lowest BCUT2D eigenvalue weighted by atomic mass is 9.89. The number of nitrogens with zero attached hydrogens (tertiary/aromatic N) is 4. The Labute approximate surface area is 165 Å². The van der Waals surface area contributed by atoms with E-state index in [1.165, 1.54) is 18.4 Å². The predicted molar refractivity (Wildman–Crippen MR) is 106 cm³/mol. The summed E-state index contributed by atoms with van der Waals surface area (Å²) < 4.78 is 10.9. The first-order valence-electron chi connectivity index (χ1n) is 10.0. The summed E-state index contributed by atoms with van der Waals surface area (Å²) >= 11 is 0. The van der Waals surface area contributed by atoms with Crippen molar-refractivity contribution in [2.45, 2.75) is 39.0 Å². The Balaban J connectivity index is 1.38. The van der Waals surface area contributed by atoms with Crippen LogP contribution in [0.4, 0.5) is 6.01 Å². The smallest absolute Gasteiger partial charge is 0.318 e. The highest BCUT2D eigenvalue weighted by Gasteiger charge is 2.35. The van der Waals surface area contributed by atoms with E-state index in [4.69, 9.17) is 9.15 Å². The van der Waals surface area contributed by atoms with Gasteiger partial charge < -0.3 is 19.0 Å². The molecule has 1 atom stereocenters. The molecule has 0 radical (unpaired) electrons. The number of aryl methyl sites for hydroxylation is 2. The number of hydrogen-bond acceptors (Lipinski definition) is 6. The van der Waals surface area contributed by atoms with Crippen molar-refractivity contribution in [3.8, 4) is 5.75 Å². The minimum atomic E-state index is 0.242. The van der Waals surface area contributed by atoms with E-state index in [0.29, 0.717) is 43.3 Å². The topological polar surface area (TPSA) is 71.7 Å². The molecule has 1 aliphatic carbocycles. The summed E-state index contributed by atoms with van der Waals surface area (Å²) in [6.07, 6.45) is 3.01. The van der Waals surface area contributed by atoms with E-state index in [1.54, 1.807) is 14.0 Å². The number of anilines is 1. The van der Waals surface area contributed by atoms with Crippen LogP contribution in [0.1, 0.15) is 42.2 Å². The number of rotatable bonds is 6. The van der Waals surface area contributed by atoms with Gasteiger partial charge in [0.2, 0.25) is 11.8 Å². The van der Waals surface area contributed by atoms with Crippen molar-refractivity contribution < 1.29 is 13.9 Å². The third-order valence-corrected chi connectivity index (χ3v) is 5.85. The van der Waals surface area contributed by atoms with Crippen molar-refractivity contribution in [1.29, 1.82) is 0 Å². The Morgan fingerprint density at radius 1 is 1.21 bits per heavy atom. The standard InChI is InChI=1S/C21H28N4O3/c1-14-12-17(6-7-19(14)27-3)18(16-4-5-16)13-20(26)24-8-10-25(11-9-24)21-23-22-15(2)28-21/h6-7,12,16,18H,4-5,8-11,13H2,1-3H3. The van der Waals surface area contributed by atoms with Gasteiger partial charge in [0.25, 0.3) is 0 Å². The zero-order valence-electron chi connectivity index (χ0n) is 16.9. The number of benzene rings is 1. The zero-order valence-corrected chi connectivity index (χ0v) is 16.9. The SMILES string of the molecule is COc1ccc(C(CC(=O)N2CCN(c3nnc(C)o3)CC2)C2CC2)cc1C. The van der Waals surface area contributed by atoms with Crippen LogP contribution >= 0.6 is 0 Å². The maximum Gasteiger partial charge on any atom is 0.318 e. The molecule has 1 saturated heterocycles. The minimum Gasteiger partial charge on any atom is -0.496 e. The van der Waals surface area contributed by atoms with Crippen LogP contribution in [0.5, 0.6) is 5.75 Å². The fourth-order valence-corrected chi connectivity index (χ4v) is 4.07. The van der Waals surface area contributed by atoms with E-state index in [0.717, 1.165) is 24.4 Å². The van der Waals surface area contributed by atoms with Gasteiger partial charge in [-0.25, -0.2) is 0 Å². The van der Waals surface area contributed by atoms with E-state index in [-0.39, 0.29) is 5.91 Å². The molecule has 4 rings (SSSR count). The second-order valence-electron chi connectivity index (χ2n) is 7.85. The summed E-state index contributed by atoms with van der Waals surface area (Å²) in [5, 5.41) is 7.96. The van der Waals surface area contributed by atoms with Gasteiger partial charge in [-0.1, -0.05) is 17.2 Å². The highest BCUT2D eigenvalue weighted by atomic mass is 16.5. The van der Waals surface area contributed by atoms with Crippen molar-refractivity contribution >= 4 is 11.9 Å². The first-order chi connectivity index (χ1) is 13.5. The Morgan fingerprint density at radius 3 is 2.54 bits per heavy atom. The molecule has 1 saturated carbocycles. The molecule has 150 valence electrons. The number of amides is 1. The first-order valence-corrected chi connectivity index (χ1v) is 10.0. The first kappa shape index (κ1) is 18.8. The van der Waals surface area contributed by atoms with E-state index >= 15 is 0 Å². The number of hydrogen-bond donors (Lipinski definition) is 0. The van der Waals surface area contributed by atoms with Crippen molar-refractivity contribution in [2.24, 2.45) is 5.92 Å². The van der Waals surface area contributed by atoms with Gasteiger partial charge in [-0.15, -0.1) is 5.10 Å². The third kappa shape index (κ3) is 3.98. The Kier molecular flexibility index (Phi) is 5.24. The average molecular weight is 384 g/mol. The van der Waals surface area contributed by atoms with Gasteiger partial charge >= 0.3 is 6.01 Å². The summed E-state index contributed by atoms with van der Waals surface area (Å²) in [5.74, 6) is 2.63. The molecule has 28 heavy (non-hydrogen) atoms. The van der Waals surface area contributed by atoms with Gasteiger partial charge in [-0.3, -0.25) is 4.79 Å². The molecule has 1 unspecified atom stereocenters. The van der Waals surface area contributed by atoms with Gasteiger partial charge in [0, 0.05) is 39.5 Å². The Morgan fingerprint density at radius 2 is 1.96 bits per heavy atom. The molecular weight excluding hydrogens is 356 g/mol. The van der Waals surface area contributed by atoms with Gasteiger partial charge in [0.1, 0.15) is 5.75 Å². The van der Waals surface area contributed by atoms with Crippen LogP contribution in [0.2, 0.25) is 0 Å². The molecule has 1 amide bonds. The molecule has 2 fully saturated rings. The highest BCUT2D eigenvalue weighted by Crippen LogP contribution is 2.45. The van der Waals surface area contributed by atoms with Crippen molar-refractivity contribution in [2.75, 3.05) is 38.2 Å². The molecule has 1 aromatic heterocycles. The van der Waals surface area contributed by atoms with Crippen LogP contribution in [0.15, 0.2) is 22.6 Å². The fraction of sp³-hybridized carbons (Fsp3) is 0.571. The van der Waals surface area contributed by atoms with E-state index in [2.05, 4.69) is 34.2 Å². The molecule has 2 heterocycles. The van der Waals surface area contributed by atoms with Gasteiger partial charge in [-0.05, 0) is 48.8 Å². The Hall–Kier alpha value is -2.57. The molecule has 7 heteroatoms. The highest BCUT2D eigenvalue weighted by molar-refractivity contribution is 5.77. The monoisotopic (exact) mass is 384 g/mol. The minimum absolute atomic E-state index is 0.242. The molecule has 0 spiro atoms. The van der Waals surface area contributed by atoms with E-state index in [9.17, 15) is 4.79 Å². The number of carbonyl (C=O) groups is 1. The summed E-state index contributed by atoms with van der Waals surface area (Å²) in [4.78, 5) is 17.0.